The summed E-state index contributed by atoms with van der Waals surface area (Å²) < 4.78 is 0. The van der Waals surface area contributed by atoms with Crippen molar-refractivity contribution in [2.24, 2.45) is 56.7 Å². The van der Waals surface area contributed by atoms with Crippen LogP contribution >= 0.6 is 0 Å². The van der Waals surface area contributed by atoms with Gasteiger partial charge in [0, 0.05) is 5.41 Å². The topological polar surface area (TPSA) is 57.5 Å². The van der Waals surface area contributed by atoms with Gasteiger partial charge in [-0.3, -0.25) is 0 Å². The molecular formula is C30H48O3. The van der Waals surface area contributed by atoms with Crippen molar-refractivity contribution < 1.29 is 15.0 Å². The fourth-order valence-corrected chi connectivity index (χ4v) is 10.9. The van der Waals surface area contributed by atoms with Crippen molar-refractivity contribution in [3.05, 3.63) is 11.6 Å². The molecule has 0 aromatic rings. The van der Waals surface area contributed by atoms with Gasteiger partial charge in [0.2, 0.25) is 0 Å². The Bertz CT molecular complexity index is 861. The van der Waals surface area contributed by atoms with E-state index in [-0.39, 0.29) is 27.1 Å². The van der Waals surface area contributed by atoms with Crippen molar-refractivity contribution in [2.45, 2.75) is 112 Å². The van der Waals surface area contributed by atoms with E-state index >= 15 is 0 Å². The van der Waals surface area contributed by atoms with Gasteiger partial charge in [0.05, 0.1) is 12.2 Å². The Hall–Kier alpha value is -0.670. The number of carbonyl (C=O) groups excluding carboxylic acids is 1. The number of hydrogen-bond donors (Lipinski definition) is 2. The second-order valence-corrected chi connectivity index (χ2v) is 14.5. The molecule has 4 saturated carbocycles. The first-order chi connectivity index (χ1) is 15.3. The molecule has 0 aromatic heterocycles. The van der Waals surface area contributed by atoms with E-state index < -0.39 is 12.2 Å². The van der Waals surface area contributed by atoms with Crippen molar-refractivity contribution in [2.75, 3.05) is 0 Å². The van der Waals surface area contributed by atoms with Gasteiger partial charge >= 0.3 is 0 Å². The molecule has 5 rings (SSSR count). The van der Waals surface area contributed by atoms with Crippen LogP contribution in [0.4, 0.5) is 0 Å². The number of hydrogen-bond acceptors (Lipinski definition) is 3. The van der Waals surface area contributed by atoms with Gasteiger partial charge < -0.3 is 15.0 Å². The maximum atomic E-state index is 12.6. The van der Waals surface area contributed by atoms with Crippen LogP contribution in [0.15, 0.2) is 11.6 Å². The van der Waals surface area contributed by atoms with Crippen LogP contribution in [0.25, 0.3) is 0 Å². The third-order valence-corrected chi connectivity index (χ3v) is 13.2. The molecule has 33 heavy (non-hydrogen) atoms. The Kier molecular flexibility index (Phi) is 5.24. The lowest BCUT2D eigenvalue weighted by atomic mass is 9.33. The quantitative estimate of drug-likeness (QED) is 0.366. The fraction of sp³-hybridized carbons (Fsp3) is 0.900. The second kappa shape index (κ2) is 7.19. The van der Waals surface area contributed by atoms with Gasteiger partial charge in [0.25, 0.3) is 0 Å². The minimum absolute atomic E-state index is 0.0187. The maximum absolute atomic E-state index is 12.6. The summed E-state index contributed by atoms with van der Waals surface area (Å²) in [6.45, 7) is 16.7. The average Bonchev–Trinajstić information content (AvgIpc) is 2.75. The van der Waals surface area contributed by atoms with Crippen LogP contribution in [0.2, 0.25) is 0 Å². The minimum atomic E-state index is -0.643. The average molecular weight is 457 g/mol. The Morgan fingerprint density at radius 1 is 0.939 bits per heavy atom. The van der Waals surface area contributed by atoms with Gasteiger partial charge in [-0.2, -0.15) is 0 Å². The smallest absolute Gasteiger partial charge is 0.126 e. The molecule has 0 spiro atoms. The first-order valence-electron chi connectivity index (χ1n) is 13.8. The number of aliphatic hydroxyl groups excluding tert-OH is 2. The van der Waals surface area contributed by atoms with Crippen LogP contribution in [0.5, 0.6) is 0 Å². The lowest BCUT2D eigenvalue weighted by Gasteiger charge is -2.71. The van der Waals surface area contributed by atoms with Crippen LogP contribution < -0.4 is 0 Å². The number of aliphatic hydroxyl groups is 2. The van der Waals surface area contributed by atoms with E-state index in [0.717, 1.165) is 32.1 Å². The molecule has 0 aromatic carbocycles. The highest BCUT2D eigenvalue weighted by atomic mass is 16.3. The van der Waals surface area contributed by atoms with Crippen molar-refractivity contribution in [1.29, 1.82) is 0 Å². The SMILES string of the molecule is C[C@@H]1CC[C@]2(C=O)CC[C@]3(C)C(=CCC4[C@@]5(C)C[C@@H](O)[C@H](O)C(C)(C)C5CC[C@]43C)C2[C@H]1C. The van der Waals surface area contributed by atoms with E-state index in [0.29, 0.717) is 36.0 Å². The van der Waals surface area contributed by atoms with E-state index in [9.17, 15) is 15.0 Å². The van der Waals surface area contributed by atoms with Crippen molar-refractivity contribution >= 4 is 6.29 Å². The monoisotopic (exact) mass is 456 g/mol. The molecule has 3 heteroatoms. The Morgan fingerprint density at radius 3 is 2.30 bits per heavy atom. The van der Waals surface area contributed by atoms with Gasteiger partial charge in [-0.15, -0.1) is 0 Å². The number of fused-ring (bicyclic) bond motifs is 7. The zero-order valence-corrected chi connectivity index (χ0v) is 22.2. The Morgan fingerprint density at radius 2 is 1.64 bits per heavy atom. The van der Waals surface area contributed by atoms with Crippen LogP contribution in [-0.2, 0) is 4.79 Å². The molecular weight excluding hydrogens is 408 g/mol. The fourth-order valence-electron chi connectivity index (χ4n) is 10.9. The largest absolute Gasteiger partial charge is 0.390 e. The molecule has 0 radical (unpaired) electrons. The highest BCUT2D eigenvalue weighted by molar-refractivity contribution is 5.63. The predicted octanol–water partition coefficient (Wildman–Crippen LogP) is 6.17. The van der Waals surface area contributed by atoms with E-state index in [4.69, 9.17) is 0 Å². The summed E-state index contributed by atoms with van der Waals surface area (Å²) in [5.74, 6) is 2.52. The van der Waals surface area contributed by atoms with E-state index in [1.165, 1.54) is 19.1 Å². The zero-order chi connectivity index (χ0) is 24.2. The molecule has 4 fully saturated rings. The first kappa shape index (κ1) is 24.0. The summed E-state index contributed by atoms with van der Waals surface area (Å²) in [5, 5.41) is 21.9. The molecule has 0 aliphatic heterocycles. The summed E-state index contributed by atoms with van der Waals surface area (Å²) in [4.78, 5) is 12.6. The Balaban J connectivity index is 1.61. The van der Waals surface area contributed by atoms with Crippen molar-refractivity contribution in [3.8, 4) is 0 Å². The Labute approximate surface area is 201 Å². The van der Waals surface area contributed by atoms with Crippen LogP contribution in [-0.4, -0.2) is 28.7 Å². The summed E-state index contributed by atoms with van der Waals surface area (Å²) in [5.41, 5.74) is 1.47. The maximum Gasteiger partial charge on any atom is 0.126 e. The molecule has 11 atom stereocenters. The summed E-state index contributed by atoms with van der Waals surface area (Å²) in [7, 11) is 0. The molecule has 3 unspecified atom stereocenters. The first-order valence-corrected chi connectivity index (χ1v) is 13.8. The van der Waals surface area contributed by atoms with E-state index in [2.05, 4.69) is 54.5 Å². The van der Waals surface area contributed by atoms with Gasteiger partial charge in [0.15, 0.2) is 0 Å². The summed E-state index contributed by atoms with van der Waals surface area (Å²) in [6.07, 6.45) is 11.1. The number of allylic oxidation sites excluding steroid dienone is 2. The van der Waals surface area contributed by atoms with Crippen molar-refractivity contribution in [3.63, 3.8) is 0 Å². The second-order valence-electron chi connectivity index (χ2n) is 14.5. The van der Waals surface area contributed by atoms with Gasteiger partial charge in [-0.05, 0) is 103 Å². The standard InChI is InChI=1S/C30H48O3/c1-18-10-13-30(17-31)15-14-28(6)20(24(30)19(18)2)8-9-23-27(5)16-21(32)25(33)26(3,4)22(27)11-12-29(23,28)7/h8,17-19,21-25,32-33H,9-16H2,1-7H3/t18-,19+,21-,22?,23?,24?,25+,27+,28-,29-,30-/m1/s1. The molecule has 3 nitrogen and oxygen atoms in total. The predicted molar refractivity (Wildman–Crippen MR) is 132 cm³/mol. The highest BCUT2D eigenvalue weighted by Gasteiger charge is 2.69. The van der Waals surface area contributed by atoms with E-state index in [1.807, 2.05) is 0 Å². The lowest BCUT2D eigenvalue weighted by molar-refractivity contribution is -0.231. The summed E-state index contributed by atoms with van der Waals surface area (Å²) in [6, 6.07) is 0. The van der Waals surface area contributed by atoms with Crippen molar-refractivity contribution in [1.82, 2.24) is 0 Å². The molecule has 0 saturated heterocycles. The minimum Gasteiger partial charge on any atom is -0.390 e. The van der Waals surface area contributed by atoms with Crippen LogP contribution in [0.1, 0.15) is 99.8 Å². The number of aldehydes is 1. The van der Waals surface area contributed by atoms with Crippen LogP contribution in [0, 0.1) is 56.7 Å². The molecule has 5 aliphatic rings. The number of carbonyl (C=O) groups is 1. The lowest BCUT2D eigenvalue weighted by Crippen LogP contribution is -2.67. The third-order valence-electron chi connectivity index (χ3n) is 13.2. The van der Waals surface area contributed by atoms with Gasteiger partial charge in [0.1, 0.15) is 6.29 Å². The molecule has 0 heterocycles. The molecule has 186 valence electrons. The third kappa shape index (κ3) is 2.79. The normalized spacial score (nSPS) is 57.6. The van der Waals surface area contributed by atoms with Gasteiger partial charge in [-0.25, -0.2) is 0 Å². The summed E-state index contributed by atoms with van der Waals surface area (Å²) >= 11 is 0. The van der Waals surface area contributed by atoms with E-state index in [1.54, 1.807) is 5.57 Å². The van der Waals surface area contributed by atoms with Gasteiger partial charge in [-0.1, -0.05) is 60.1 Å². The highest BCUT2D eigenvalue weighted by Crippen LogP contribution is 2.75. The molecule has 2 N–H and O–H groups in total. The molecule has 0 amide bonds. The molecule has 0 bridgehead atoms. The zero-order valence-electron chi connectivity index (χ0n) is 22.2. The molecule has 5 aliphatic carbocycles. The number of rotatable bonds is 1. The van der Waals surface area contributed by atoms with Crippen LogP contribution in [0.3, 0.4) is 0 Å².